The van der Waals surface area contributed by atoms with Crippen molar-refractivity contribution in [3.8, 4) is 0 Å². The lowest BCUT2D eigenvalue weighted by molar-refractivity contribution is -0.268. The van der Waals surface area contributed by atoms with Gasteiger partial charge in [-0.25, -0.2) is 0 Å². The van der Waals surface area contributed by atoms with Crippen LogP contribution in [-0.4, -0.2) is 168 Å². The average molecular weight is 1600 g/mol. The molecule has 0 aromatic heterocycles. The monoisotopic (exact) mass is 1600 g/mol. The van der Waals surface area contributed by atoms with Gasteiger partial charge in [0, 0.05) is 30.6 Å². The normalized spacial score (nSPS) is 29.9. The van der Waals surface area contributed by atoms with E-state index in [1.807, 2.05) is 17.1 Å². The molecular formula is C77H136IO15SSi5-. The molecule has 22 heteroatoms. The molecule has 6 heterocycles. The van der Waals surface area contributed by atoms with Crippen LogP contribution in [0.3, 0.4) is 0 Å². The molecule has 15 nitrogen and oxygen atoms in total. The molecule has 6 saturated heterocycles. The molecule has 0 bridgehead atoms. The summed E-state index contributed by atoms with van der Waals surface area (Å²) >= 11 is -0.264. The largest absolute Gasteiger partial charge is 0.768 e. The van der Waals surface area contributed by atoms with E-state index >= 15 is 4.79 Å². The molecule has 7 unspecified atom stereocenters. The van der Waals surface area contributed by atoms with Gasteiger partial charge in [0.1, 0.15) is 30.2 Å². The first-order valence-electron chi connectivity index (χ1n) is 37.6. The van der Waals surface area contributed by atoms with Crippen LogP contribution >= 0.6 is 22.6 Å². The van der Waals surface area contributed by atoms with Crippen LogP contribution in [0, 0.1) is 12.8 Å². The molecule has 1 aromatic rings. The minimum absolute atomic E-state index is 0.00395. The summed E-state index contributed by atoms with van der Waals surface area (Å²) in [6.45, 7) is 69.9. The fourth-order valence-corrected chi connectivity index (χ4v) is 20.7. The summed E-state index contributed by atoms with van der Waals surface area (Å²) in [7, 11) is -12.2. The van der Waals surface area contributed by atoms with Crippen LogP contribution in [0.4, 0.5) is 0 Å². The van der Waals surface area contributed by atoms with Crippen LogP contribution in [0.25, 0.3) is 0 Å². The molecule has 0 amide bonds. The Balaban J connectivity index is 1.27. The first kappa shape index (κ1) is 85.8. The third kappa shape index (κ3) is 21.9. The maximum atomic E-state index is 16.6. The number of aryl methyl sites for hydroxylation is 1. The van der Waals surface area contributed by atoms with E-state index in [9.17, 15) is 8.76 Å². The quantitative estimate of drug-likeness (QED) is 0.0321. The highest BCUT2D eigenvalue weighted by Crippen LogP contribution is 2.51. The van der Waals surface area contributed by atoms with Crippen LogP contribution in [0.2, 0.25) is 90.7 Å². The van der Waals surface area contributed by atoms with Crippen molar-refractivity contribution in [2.24, 2.45) is 5.92 Å². The van der Waals surface area contributed by atoms with Crippen molar-refractivity contribution in [3.05, 3.63) is 63.8 Å². The van der Waals surface area contributed by atoms with Crippen molar-refractivity contribution in [1.82, 2.24) is 0 Å². The van der Waals surface area contributed by atoms with Crippen LogP contribution in [0.5, 0.6) is 0 Å². The molecule has 6 aliphatic heterocycles. The number of ether oxygens (including phenoxy) is 7. The maximum absolute atomic E-state index is 16.6. The molecule has 0 saturated carbocycles. The molecule has 1 aromatic carbocycles. The molecule has 99 heavy (non-hydrogen) atoms. The Morgan fingerprint density at radius 3 is 1.81 bits per heavy atom. The molecular weight excluding hydrogens is 1460 g/mol. The predicted molar refractivity (Wildman–Crippen MR) is 421 cm³/mol. The van der Waals surface area contributed by atoms with E-state index in [0.29, 0.717) is 57.5 Å². The van der Waals surface area contributed by atoms with Crippen LogP contribution < -0.4 is 0 Å². The van der Waals surface area contributed by atoms with Gasteiger partial charge in [0.05, 0.1) is 86.8 Å². The summed E-state index contributed by atoms with van der Waals surface area (Å²) in [6, 6.07) is 5.16. The highest BCUT2D eigenvalue weighted by Gasteiger charge is 2.59. The van der Waals surface area contributed by atoms with Gasteiger partial charge in [0.25, 0.3) is 0 Å². The molecule has 0 spiro atoms. The Hall–Kier alpha value is -0.446. The topological polar surface area (TPSA) is 168 Å². The van der Waals surface area contributed by atoms with Gasteiger partial charge >= 0.3 is 0 Å². The lowest BCUT2D eigenvalue weighted by Gasteiger charge is -2.56. The molecule has 568 valence electrons. The number of ketones is 1. The van der Waals surface area contributed by atoms with Gasteiger partial charge in [-0.15, -0.1) is 0 Å². The van der Waals surface area contributed by atoms with Crippen molar-refractivity contribution >= 4 is 81.0 Å². The van der Waals surface area contributed by atoms with Gasteiger partial charge in [0.15, 0.2) is 47.9 Å². The van der Waals surface area contributed by atoms with Gasteiger partial charge in [0.2, 0.25) is 0 Å². The Kier molecular flexibility index (Phi) is 29.1. The van der Waals surface area contributed by atoms with Crippen LogP contribution in [0.15, 0.2) is 57.6 Å². The summed E-state index contributed by atoms with van der Waals surface area (Å²) in [5.41, 5.74) is 3.63. The van der Waals surface area contributed by atoms with Gasteiger partial charge in [-0.05, 0) is 217 Å². The Labute approximate surface area is 622 Å². The van der Waals surface area contributed by atoms with Gasteiger partial charge < -0.3 is 59.8 Å². The number of hydrogen-bond donors (Lipinski definition) is 0. The van der Waals surface area contributed by atoms with E-state index < -0.39 is 101 Å². The van der Waals surface area contributed by atoms with Gasteiger partial charge in [-0.1, -0.05) is 146 Å². The second-order valence-electron chi connectivity index (χ2n) is 37.8. The Bertz CT molecular complexity index is 2920. The van der Waals surface area contributed by atoms with E-state index in [-0.39, 0.29) is 97.2 Å². The summed E-state index contributed by atoms with van der Waals surface area (Å²) in [5, 5.41) is -0.514. The van der Waals surface area contributed by atoms with Crippen molar-refractivity contribution in [2.75, 3.05) is 19.8 Å². The molecule has 7 rings (SSSR count). The molecule has 17 atom stereocenters. The lowest BCUT2D eigenvalue weighted by atomic mass is 9.77. The second-order valence-corrected chi connectivity index (χ2v) is 63.3. The molecule has 0 radical (unpaired) electrons. The summed E-state index contributed by atoms with van der Waals surface area (Å²) in [6.07, 6.45) is 5.62. The lowest BCUT2D eigenvalue weighted by Crippen LogP contribution is -2.69. The zero-order chi connectivity index (χ0) is 74.2. The Morgan fingerprint density at radius 1 is 0.667 bits per heavy atom. The standard InChI is InChI=1S/C77H137IO15SSi5/c1-50-30-34-58(94(80)81)47-59(50)68(62-36-37-63-69(88-62)71(92-98(25,26)76(13,14)15)72(93-99(27,28)77(16,17)18)70(89-63)64(39-40-78)91-97(23,24)75(10,11)12)60(79)45-53-44-56(46-57(90-96(21,22)74(7,8)9)49-84-95(19,20)73(4,5)6)87-66(53)48-65-51(2)29-31-54(85-65)32-35-61-52(3)43-55(86-61)33-38-67-82-41-42-83-67/h30,34,39-40,47,53-57,61-72H,2-3,29,31-33,35-38,41-46,48-49H2,1,4-28H3,(H,80,81)/p-1/b40-39+/t53-,54+,55-,56-,57?,61-,62+,63-,64?,65+,66-,68?,69+,70?,71?,72?/m0/s1. The number of carbonyl (C=O) groups is 1. The maximum Gasteiger partial charge on any atom is 0.193 e. The predicted octanol–water partition coefficient (Wildman–Crippen LogP) is 19.4. The number of hydrogen-bond acceptors (Lipinski definition) is 15. The van der Waals surface area contributed by atoms with Gasteiger partial charge in [-0.3, -0.25) is 9.00 Å². The number of carbonyl (C=O) groups excluding carboxylic acids is 1. The van der Waals surface area contributed by atoms with Crippen molar-refractivity contribution in [2.45, 2.75) is 387 Å². The SMILES string of the molecule is C=C1C[C@H](CCC2OCCO2)O[C@H]1CC[C@H]1CCC(=C)[C@@H](C[C@@H]2O[C@H](CC(CO[Si](C)(C)C(C)(C)C)O[Si](C)(C)C(C)(C)C)C[C@H]2CC(=O)C(c2cc(S(=O)[O-])ccc2C)[C@H]2CC[C@@H]3OC(C(/C=C/I)O[Si](C)(C)C(C)(C)C)C(O[Si](C)(C)C(C)(C)C)C(O[Si](C)(C)C(C)(C)C)[C@@H]3O2)O1. The minimum atomic E-state index is -2.65. The number of Topliss-reactive ketones (excluding diaryl/α,β-unsaturated/α-hetero) is 1. The summed E-state index contributed by atoms with van der Waals surface area (Å²) in [5.74, 6) is -1.12. The highest BCUT2D eigenvalue weighted by atomic mass is 127. The minimum Gasteiger partial charge on any atom is -0.768 e. The first-order valence-corrected chi connectivity index (χ1v) is 54.4. The van der Waals surface area contributed by atoms with Crippen molar-refractivity contribution in [1.29, 1.82) is 0 Å². The molecule has 0 aliphatic carbocycles. The third-order valence-electron chi connectivity index (χ3n) is 25.2. The number of halogens is 1. The third-order valence-corrected chi connectivity index (χ3v) is 48.7. The summed E-state index contributed by atoms with van der Waals surface area (Å²) in [4.78, 5) is 16.7. The second kappa shape index (κ2) is 33.6. The van der Waals surface area contributed by atoms with Crippen LogP contribution in [-0.2, 0) is 71.2 Å². The number of rotatable bonds is 29. The van der Waals surface area contributed by atoms with Crippen molar-refractivity contribution in [3.63, 3.8) is 0 Å². The zero-order valence-electron chi connectivity index (χ0n) is 66.3. The zero-order valence-corrected chi connectivity index (χ0v) is 74.3. The molecule has 6 fully saturated rings. The number of fused-ring (bicyclic) bond motifs is 1. The first-order chi connectivity index (χ1) is 45.4. The Morgan fingerprint density at radius 2 is 1.23 bits per heavy atom. The van der Waals surface area contributed by atoms with E-state index in [2.05, 4.69) is 211 Å². The van der Waals surface area contributed by atoms with E-state index in [0.717, 1.165) is 61.7 Å². The highest BCUT2D eigenvalue weighted by molar-refractivity contribution is 14.1. The fraction of sp³-hybridized carbons (Fsp3) is 0.831. The van der Waals surface area contributed by atoms with E-state index in [1.165, 1.54) is 0 Å². The van der Waals surface area contributed by atoms with Crippen molar-refractivity contribution < 1.29 is 68.8 Å². The average Bonchev–Trinajstić information content (AvgIpc) is 1.18. The summed E-state index contributed by atoms with van der Waals surface area (Å²) < 4.78 is 114. The van der Waals surface area contributed by atoms with E-state index in [4.69, 9.17) is 55.3 Å². The molecule has 6 aliphatic rings. The van der Waals surface area contributed by atoms with E-state index in [1.54, 1.807) is 12.1 Å². The molecule has 0 N–H and O–H groups in total. The smallest absolute Gasteiger partial charge is 0.193 e. The van der Waals surface area contributed by atoms with Gasteiger partial charge in [-0.2, -0.15) is 0 Å². The van der Waals surface area contributed by atoms with Crippen LogP contribution in [0.1, 0.15) is 204 Å². The number of benzene rings is 1. The fourth-order valence-electron chi connectivity index (χ4n) is 13.7.